The number of fused-ring (bicyclic) bond motifs is 27. The Bertz CT molecular complexity index is 9960. The van der Waals surface area contributed by atoms with Crippen LogP contribution in [0.2, 0.25) is 39.3 Å². The largest absolute Gasteiger partial charge is 0.456 e. The summed E-state index contributed by atoms with van der Waals surface area (Å²) in [7, 11) is -6.09. The van der Waals surface area contributed by atoms with Gasteiger partial charge in [0.1, 0.15) is 35.4 Å². The second-order valence-corrected chi connectivity index (χ2v) is 54.5. The van der Waals surface area contributed by atoms with Crippen molar-refractivity contribution >= 4 is 196 Å². The van der Waals surface area contributed by atoms with Crippen LogP contribution in [0.25, 0.3) is 253 Å². The predicted molar refractivity (Wildman–Crippen MR) is 623 cm³/mol. The molecule has 31 rings (SSSR count). The van der Waals surface area contributed by atoms with Gasteiger partial charge in [0.25, 0.3) is 0 Å². The third-order valence-electron chi connectivity index (χ3n) is 31.2. The van der Waals surface area contributed by atoms with Gasteiger partial charge in [0.05, 0.1) is 61.2 Å². The van der Waals surface area contributed by atoms with Crippen LogP contribution in [-0.2, 0) is 0 Å². The van der Waals surface area contributed by atoms with Crippen LogP contribution in [0.15, 0.2) is 453 Å². The van der Waals surface area contributed by atoms with Crippen molar-refractivity contribution in [1.82, 2.24) is 48.2 Å². The minimum absolute atomic E-state index is 0.772. The van der Waals surface area contributed by atoms with Gasteiger partial charge in [-0.25, -0.2) is 29.9 Å². The average molecular weight is 1950 g/mol. The molecule has 0 fully saturated rings. The first kappa shape index (κ1) is 86.0. The van der Waals surface area contributed by atoms with Gasteiger partial charge < -0.3 is 22.7 Å². The molecule has 12 heterocycles. The van der Waals surface area contributed by atoms with E-state index in [4.69, 9.17) is 34.3 Å². The van der Waals surface area contributed by atoms with E-state index in [9.17, 15) is 0 Å². The second-order valence-electron chi connectivity index (χ2n) is 40.7. The second kappa shape index (κ2) is 33.2. The molecule has 0 aliphatic carbocycles. The maximum Gasteiger partial charge on any atom is 0.159 e. The zero-order chi connectivity index (χ0) is 97.8. The molecule has 0 N–H and O–H groups in total. The first-order valence-corrected chi connectivity index (χ1v) is 60.3. The number of benzene rings is 19. The Labute approximate surface area is 854 Å². The summed E-state index contributed by atoms with van der Waals surface area (Å²) in [5.41, 5.74) is 32.7. The molecule has 15 heteroatoms. The van der Waals surface area contributed by atoms with Gasteiger partial charge >= 0.3 is 0 Å². The molecular formula is C132H92N10OSSi3. The van der Waals surface area contributed by atoms with Gasteiger partial charge in [-0.2, -0.15) is 0 Å². The number of rotatable bonds is 10. The van der Waals surface area contributed by atoms with Gasteiger partial charge in [-0.15, -0.1) is 11.3 Å². The SMILES string of the molecule is C[Si]1(C)c2ccccc2-c2c(-c3ccccc3)nc(-c3ccc(-n4c5ccccc5c5cc6c(cc54)oc4ccccc46)cc3)nc21.C[Si]1(C)c2ccccc2-c2c(-c3ccccc3)nc(-c3ccc(-n4c5ccccc5c5cc6c(cc54)sc4ccccc46)cc3)nc21.C[Si]1(C)c2ccccc2-c2c(-c3ccccc3)nc(-c3ccc(-n4c5ccccc5c5cc6c7ccccc7n(-c7ccccc7)c6cc54)cc3)nc21. The van der Waals surface area contributed by atoms with E-state index < -0.39 is 24.2 Å². The quantitative estimate of drug-likeness (QED) is 0.125. The van der Waals surface area contributed by atoms with E-state index in [0.717, 1.165) is 124 Å². The van der Waals surface area contributed by atoms with Crippen LogP contribution < -0.4 is 31.5 Å². The average Bonchev–Trinajstić information content (AvgIpc) is 1.57. The molecule has 0 spiro atoms. The van der Waals surface area contributed by atoms with Gasteiger partial charge in [0.15, 0.2) is 17.5 Å². The summed E-state index contributed by atoms with van der Waals surface area (Å²) in [6.45, 7) is 14.5. The third kappa shape index (κ3) is 13.4. The maximum atomic E-state index is 6.32. The lowest BCUT2D eigenvalue weighted by atomic mass is 10.0. The van der Waals surface area contributed by atoms with Crippen molar-refractivity contribution in [3.8, 4) is 124 Å². The number of hydrogen-bond donors (Lipinski definition) is 0. The molecule has 3 aliphatic rings. The molecular weight excluding hydrogens is 1860 g/mol. The smallest absolute Gasteiger partial charge is 0.159 e. The molecule has 11 nitrogen and oxygen atoms in total. The van der Waals surface area contributed by atoms with Crippen LogP contribution in [0, 0.1) is 0 Å². The Balaban J connectivity index is 0.000000104. The molecule has 694 valence electrons. The Morgan fingerprint density at radius 3 is 0.878 bits per heavy atom. The zero-order valence-electron chi connectivity index (χ0n) is 81.5. The molecule has 0 unspecified atom stereocenters. The maximum absolute atomic E-state index is 6.32. The van der Waals surface area contributed by atoms with Gasteiger partial charge in [0, 0.05) is 169 Å². The van der Waals surface area contributed by atoms with Gasteiger partial charge in [0.2, 0.25) is 0 Å². The van der Waals surface area contributed by atoms with Gasteiger partial charge in [-0.1, -0.05) is 330 Å². The lowest BCUT2D eigenvalue weighted by Gasteiger charge is -2.19. The fraction of sp³-hybridized carbons (Fsp3) is 0.0455. The fourth-order valence-corrected chi connectivity index (χ4v) is 34.1. The van der Waals surface area contributed by atoms with E-state index in [2.05, 4.69) is 494 Å². The first-order chi connectivity index (χ1) is 72.2. The summed E-state index contributed by atoms with van der Waals surface area (Å²) < 4.78 is 18.5. The molecule has 28 aromatic rings. The van der Waals surface area contributed by atoms with Crippen LogP contribution in [0.1, 0.15) is 0 Å². The molecule has 0 atom stereocenters. The highest BCUT2D eigenvalue weighted by Crippen LogP contribution is 2.48. The molecule has 0 saturated heterocycles. The molecule has 0 bridgehead atoms. The summed E-state index contributed by atoms with van der Waals surface area (Å²) in [5.74, 6) is 2.34. The molecule has 147 heavy (non-hydrogen) atoms. The number of nitrogens with zero attached hydrogens (tertiary/aromatic N) is 10. The molecule has 0 amide bonds. The van der Waals surface area contributed by atoms with Crippen LogP contribution in [0.3, 0.4) is 0 Å². The highest BCUT2D eigenvalue weighted by Gasteiger charge is 2.45. The number of thiophene rings is 1. The molecule has 9 aromatic heterocycles. The number of aromatic nitrogens is 10. The third-order valence-corrected chi connectivity index (χ3v) is 42.3. The van der Waals surface area contributed by atoms with Gasteiger partial charge in [-0.05, 0) is 184 Å². The van der Waals surface area contributed by atoms with Crippen LogP contribution in [0.4, 0.5) is 0 Å². The monoisotopic (exact) mass is 1950 g/mol. The van der Waals surface area contributed by atoms with Gasteiger partial charge in [-0.3, -0.25) is 0 Å². The fourth-order valence-electron chi connectivity index (χ4n) is 24.2. The zero-order valence-corrected chi connectivity index (χ0v) is 85.3. The Kier molecular flexibility index (Phi) is 19.4. The predicted octanol–water partition coefficient (Wildman–Crippen LogP) is 30.5. The lowest BCUT2D eigenvalue weighted by Crippen LogP contribution is -2.50. The van der Waals surface area contributed by atoms with Crippen molar-refractivity contribution in [2.45, 2.75) is 39.3 Å². The van der Waals surface area contributed by atoms with Crippen LogP contribution in [0.5, 0.6) is 0 Å². The summed E-state index contributed by atoms with van der Waals surface area (Å²) in [6, 6.07) is 161. The van der Waals surface area contributed by atoms with E-state index >= 15 is 0 Å². The number of hydrogen-bond acceptors (Lipinski definition) is 8. The Morgan fingerprint density at radius 1 is 0.197 bits per heavy atom. The summed E-state index contributed by atoms with van der Waals surface area (Å²) >= 11 is 1.87. The van der Waals surface area contributed by atoms with Crippen molar-refractivity contribution in [2.24, 2.45) is 0 Å². The summed E-state index contributed by atoms with van der Waals surface area (Å²) in [4.78, 5) is 32.1. The Morgan fingerprint density at radius 2 is 0.490 bits per heavy atom. The minimum atomic E-state index is -2.05. The number of para-hydroxylation sites is 6. The van der Waals surface area contributed by atoms with E-state index in [1.165, 1.54) is 161 Å². The van der Waals surface area contributed by atoms with Crippen LogP contribution >= 0.6 is 11.3 Å². The number of furan rings is 1. The molecule has 19 aromatic carbocycles. The van der Waals surface area contributed by atoms with Crippen molar-refractivity contribution in [3.63, 3.8) is 0 Å². The minimum Gasteiger partial charge on any atom is -0.456 e. The standard InChI is InChI=1S/C48H34N4Si.C42H29N3OSi.C42H29N3SSi/c1-53(2)44-24-14-11-21-37(44)45-46(31-15-5-3-6-16-31)49-47(50-48(45)53)32-25-27-34(28-26-32)52-41-23-13-10-20-36(41)39-29-38-35-19-9-12-22-40(35)51(42(38)30-43(39)52)33-17-7-4-8-18-33;2*1-47(2)38-19-11-8-16-31(38)39-40(26-12-4-3-5-13-26)43-41(44-42(39)47)27-20-22-28(23-21-27)45-34-17-9-6-14-29(34)32-24-33-30-15-7-10-18-36(30)46-37(33)25-35(32)45/h3-30H,1-2H3;2*3-25H,1-2H3. The van der Waals surface area contributed by atoms with E-state index in [-0.39, 0.29) is 0 Å². The van der Waals surface area contributed by atoms with Crippen molar-refractivity contribution < 1.29 is 4.42 Å². The van der Waals surface area contributed by atoms with Crippen LogP contribution in [-0.4, -0.2) is 72.4 Å². The summed E-state index contributed by atoms with van der Waals surface area (Å²) in [6.07, 6.45) is 0. The molecule has 0 radical (unpaired) electrons. The van der Waals surface area contributed by atoms with E-state index in [0.29, 0.717) is 0 Å². The molecule has 3 aliphatic heterocycles. The summed E-state index contributed by atoms with van der Waals surface area (Å²) in [5, 5.41) is 22.9. The van der Waals surface area contributed by atoms with E-state index in [1.54, 1.807) is 0 Å². The van der Waals surface area contributed by atoms with E-state index in [1.807, 2.05) is 23.5 Å². The highest BCUT2D eigenvalue weighted by molar-refractivity contribution is 7.26. The van der Waals surface area contributed by atoms with Crippen molar-refractivity contribution in [3.05, 3.63) is 449 Å². The van der Waals surface area contributed by atoms with Crippen molar-refractivity contribution in [2.75, 3.05) is 0 Å². The molecule has 0 saturated carbocycles. The topological polar surface area (TPSA) is 110 Å². The normalized spacial score (nSPS) is 13.4. The highest BCUT2D eigenvalue weighted by atomic mass is 32.1. The Hall–Kier alpha value is -17.7. The van der Waals surface area contributed by atoms with Crippen molar-refractivity contribution in [1.29, 1.82) is 0 Å². The lowest BCUT2D eigenvalue weighted by molar-refractivity contribution is 0.669. The first-order valence-electron chi connectivity index (χ1n) is 50.5.